The summed E-state index contributed by atoms with van der Waals surface area (Å²) in [5, 5.41) is 9.90. The van der Waals surface area contributed by atoms with Gasteiger partial charge in [-0.1, -0.05) is 45.7 Å². The highest BCUT2D eigenvalue weighted by Gasteiger charge is 2.21. The summed E-state index contributed by atoms with van der Waals surface area (Å²) in [6, 6.07) is 5.42. The van der Waals surface area contributed by atoms with Crippen molar-refractivity contribution in [1.29, 1.82) is 0 Å². The summed E-state index contributed by atoms with van der Waals surface area (Å²) in [7, 11) is 0. The van der Waals surface area contributed by atoms with Crippen molar-refractivity contribution in [2.24, 2.45) is 11.7 Å². The van der Waals surface area contributed by atoms with Crippen molar-refractivity contribution in [1.82, 2.24) is 0 Å². The molecular formula is C11H15Br2NO. The fourth-order valence-corrected chi connectivity index (χ4v) is 2.26. The summed E-state index contributed by atoms with van der Waals surface area (Å²) < 4.78 is 1.89. The van der Waals surface area contributed by atoms with Crippen LogP contribution in [-0.2, 0) is 0 Å². The number of benzene rings is 1. The summed E-state index contributed by atoms with van der Waals surface area (Å²) >= 11 is 6.83. The lowest BCUT2D eigenvalue weighted by atomic mass is 9.94. The molecule has 15 heavy (non-hydrogen) atoms. The third-order valence-electron chi connectivity index (χ3n) is 2.37. The van der Waals surface area contributed by atoms with E-state index in [2.05, 4.69) is 31.9 Å². The number of nitrogens with two attached hydrogens (primary N) is 1. The van der Waals surface area contributed by atoms with E-state index in [1.807, 2.05) is 32.0 Å². The van der Waals surface area contributed by atoms with Gasteiger partial charge in [0.15, 0.2) is 0 Å². The van der Waals surface area contributed by atoms with E-state index < -0.39 is 6.10 Å². The maximum atomic E-state index is 9.90. The van der Waals surface area contributed by atoms with Crippen LogP contribution in [0.15, 0.2) is 27.1 Å². The predicted molar refractivity (Wildman–Crippen MR) is 69.6 cm³/mol. The molecule has 0 saturated carbocycles. The van der Waals surface area contributed by atoms with Gasteiger partial charge in [0.25, 0.3) is 0 Å². The lowest BCUT2D eigenvalue weighted by Crippen LogP contribution is -2.30. The average Bonchev–Trinajstić information content (AvgIpc) is 2.19. The molecule has 0 aromatic heterocycles. The molecule has 0 fully saturated rings. The third-order valence-corrected chi connectivity index (χ3v) is 3.58. The molecule has 0 spiro atoms. The molecule has 0 heterocycles. The number of aliphatic hydroxyl groups excluding tert-OH is 1. The van der Waals surface area contributed by atoms with Gasteiger partial charge in [-0.05, 0) is 29.7 Å². The van der Waals surface area contributed by atoms with Gasteiger partial charge in [0, 0.05) is 8.95 Å². The molecule has 0 aliphatic rings. The molecule has 0 aliphatic carbocycles. The van der Waals surface area contributed by atoms with Crippen LogP contribution < -0.4 is 5.73 Å². The number of aliphatic hydroxyl groups is 1. The van der Waals surface area contributed by atoms with Crippen LogP contribution >= 0.6 is 31.9 Å². The Hall–Kier alpha value is 0.1000. The zero-order valence-electron chi connectivity index (χ0n) is 8.74. The van der Waals surface area contributed by atoms with Crippen LogP contribution in [0.3, 0.4) is 0 Å². The minimum Gasteiger partial charge on any atom is -0.391 e. The van der Waals surface area contributed by atoms with Gasteiger partial charge in [-0.2, -0.15) is 0 Å². The Morgan fingerprint density at radius 2 is 1.87 bits per heavy atom. The molecule has 1 rings (SSSR count). The fraction of sp³-hybridized carbons (Fsp3) is 0.455. The molecule has 0 amide bonds. The number of hydrogen-bond donors (Lipinski definition) is 2. The largest absolute Gasteiger partial charge is 0.391 e. The van der Waals surface area contributed by atoms with Crippen LogP contribution in [0, 0.1) is 5.92 Å². The van der Waals surface area contributed by atoms with E-state index in [0.29, 0.717) is 0 Å². The SMILES string of the molecule is CC(C)[C@H](O)[C@H](N)c1cc(Br)ccc1Br. The maximum Gasteiger partial charge on any atom is 0.0756 e. The molecule has 3 N–H and O–H groups in total. The molecule has 1 aromatic rings. The Labute approximate surface area is 107 Å². The molecule has 0 radical (unpaired) electrons. The normalized spacial score (nSPS) is 15.4. The van der Waals surface area contributed by atoms with Gasteiger partial charge in [0.1, 0.15) is 0 Å². The maximum absolute atomic E-state index is 9.90. The van der Waals surface area contributed by atoms with E-state index >= 15 is 0 Å². The van der Waals surface area contributed by atoms with Gasteiger partial charge in [-0.3, -0.25) is 0 Å². The van der Waals surface area contributed by atoms with Crippen LogP contribution in [0.25, 0.3) is 0 Å². The zero-order chi connectivity index (χ0) is 11.6. The Bertz CT molecular complexity index is 341. The fourth-order valence-electron chi connectivity index (χ4n) is 1.37. The second kappa shape index (κ2) is 5.43. The molecular weight excluding hydrogens is 322 g/mol. The van der Waals surface area contributed by atoms with Crippen molar-refractivity contribution in [3.05, 3.63) is 32.7 Å². The molecule has 2 nitrogen and oxygen atoms in total. The van der Waals surface area contributed by atoms with Crippen LogP contribution in [0.2, 0.25) is 0 Å². The van der Waals surface area contributed by atoms with Gasteiger partial charge >= 0.3 is 0 Å². The Morgan fingerprint density at radius 1 is 1.27 bits per heavy atom. The van der Waals surface area contributed by atoms with Gasteiger partial charge in [0.05, 0.1) is 12.1 Å². The van der Waals surface area contributed by atoms with Crippen molar-refractivity contribution >= 4 is 31.9 Å². The highest BCUT2D eigenvalue weighted by atomic mass is 79.9. The smallest absolute Gasteiger partial charge is 0.0756 e. The van der Waals surface area contributed by atoms with E-state index in [4.69, 9.17) is 5.73 Å². The molecule has 1 aromatic carbocycles. The molecule has 84 valence electrons. The van der Waals surface area contributed by atoms with Crippen molar-refractivity contribution in [2.45, 2.75) is 26.0 Å². The van der Waals surface area contributed by atoms with Crippen molar-refractivity contribution in [3.63, 3.8) is 0 Å². The van der Waals surface area contributed by atoms with Crippen LogP contribution in [0.5, 0.6) is 0 Å². The summed E-state index contributed by atoms with van der Waals surface area (Å²) in [6.45, 7) is 3.91. The topological polar surface area (TPSA) is 46.2 Å². The monoisotopic (exact) mass is 335 g/mol. The lowest BCUT2D eigenvalue weighted by Gasteiger charge is -2.23. The number of hydrogen-bond acceptors (Lipinski definition) is 2. The molecule has 0 unspecified atom stereocenters. The van der Waals surface area contributed by atoms with Crippen molar-refractivity contribution in [3.8, 4) is 0 Å². The molecule has 0 saturated heterocycles. The van der Waals surface area contributed by atoms with Gasteiger partial charge in [-0.15, -0.1) is 0 Å². The Kier molecular flexibility index (Phi) is 4.77. The van der Waals surface area contributed by atoms with Crippen LogP contribution in [-0.4, -0.2) is 11.2 Å². The van der Waals surface area contributed by atoms with Gasteiger partial charge in [-0.25, -0.2) is 0 Å². The van der Waals surface area contributed by atoms with Gasteiger partial charge in [0.2, 0.25) is 0 Å². The van der Waals surface area contributed by atoms with E-state index in [0.717, 1.165) is 14.5 Å². The van der Waals surface area contributed by atoms with E-state index in [9.17, 15) is 5.11 Å². The molecule has 0 bridgehead atoms. The zero-order valence-corrected chi connectivity index (χ0v) is 11.9. The first-order valence-corrected chi connectivity index (χ1v) is 6.40. The summed E-state index contributed by atoms with van der Waals surface area (Å²) in [5.41, 5.74) is 6.93. The third kappa shape index (κ3) is 3.28. The van der Waals surface area contributed by atoms with E-state index in [1.54, 1.807) is 0 Å². The summed E-state index contributed by atoms with van der Waals surface area (Å²) in [5.74, 6) is 0.144. The lowest BCUT2D eigenvalue weighted by molar-refractivity contribution is 0.0977. The van der Waals surface area contributed by atoms with Crippen LogP contribution in [0.4, 0.5) is 0 Å². The Balaban J connectivity index is 2.99. The van der Waals surface area contributed by atoms with Crippen molar-refractivity contribution < 1.29 is 5.11 Å². The van der Waals surface area contributed by atoms with Crippen LogP contribution in [0.1, 0.15) is 25.5 Å². The number of rotatable bonds is 3. The predicted octanol–water partition coefficient (Wildman–Crippen LogP) is 3.23. The van der Waals surface area contributed by atoms with E-state index in [1.165, 1.54) is 0 Å². The minimum absolute atomic E-state index is 0.144. The quantitative estimate of drug-likeness (QED) is 0.890. The van der Waals surface area contributed by atoms with E-state index in [-0.39, 0.29) is 12.0 Å². The molecule has 4 heteroatoms. The summed E-state index contributed by atoms with van der Waals surface area (Å²) in [4.78, 5) is 0. The number of halogens is 2. The summed E-state index contributed by atoms with van der Waals surface area (Å²) in [6.07, 6.45) is -0.532. The van der Waals surface area contributed by atoms with Crippen molar-refractivity contribution in [2.75, 3.05) is 0 Å². The second-order valence-electron chi connectivity index (χ2n) is 3.93. The molecule has 0 aliphatic heterocycles. The molecule has 2 atom stereocenters. The standard InChI is InChI=1S/C11H15Br2NO/c1-6(2)11(15)10(14)8-5-7(12)3-4-9(8)13/h3-6,10-11,15H,14H2,1-2H3/t10-,11+/m1/s1. The first-order valence-electron chi connectivity index (χ1n) is 4.82. The highest BCUT2D eigenvalue weighted by molar-refractivity contribution is 9.11. The Morgan fingerprint density at radius 3 is 2.40 bits per heavy atom. The highest BCUT2D eigenvalue weighted by Crippen LogP contribution is 2.29. The van der Waals surface area contributed by atoms with Gasteiger partial charge < -0.3 is 10.8 Å². The second-order valence-corrected chi connectivity index (χ2v) is 5.70. The average molecular weight is 337 g/mol. The minimum atomic E-state index is -0.532. The first kappa shape index (κ1) is 13.2. The first-order chi connectivity index (χ1) is 6.93.